The molecule has 2 atom stereocenters. The number of nitrogens with one attached hydrogen (secondary N) is 1. The quantitative estimate of drug-likeness (QED) is 0.295. The first-order valence-electron chi connectivity index (χ1n) is 9.10. The van der Waals surface area contributed by atoms with Crippen molar-refractivity contribution in [2.75, 3.05) is 13.1 Å². The Bertz CT molecular complexity index is 914. The number of carbonyl (C=O) groups is 1. The number of quaternary nitrogens is 1. The van der Waals surface area contributed by atoms with Gasteiger partial charge in [0.15, 0.2) is 23.7 Å². The van der Waals surface area contributed by atoms with E-state index in [4.69, 9.17) is 4.74 Å². The molecule has 0 bridgehead atoms. The Labute approximate surface area is 174 Å². The first kappa shape index (κ1) is 22.6. The van der Waals surface area contributed by atoms with Crippen LogP contribution in [0.1, 0.15) is 41.4 Å². The van der Waals surface area contributed by atoms with Crippen molar-refractivity contribution in [2.45, 2.75) is 32.6 Å². The summed E-state index contributed by atoms with van der Waals surface area (Å²) in [5, 5.41) is 50.3. The molecule has 0 saturated heterocycles. The van der Waals surface area contributed by atoms with Gasteiger partial charge in [-0.3, -0.25) is 4.79 Å². The van der Waals surface area contributed by atoms with Crippen LogP contribution in [0.5, 0.6) is 28.7 Å². The lowest BCUT2D eigenvalue weighted by atomic mass is 9.90. The van der Waals surface area contributed by atoms with E-state index >= 15 is 0 Å². The molecule has 29 heavy (non-hydrogen) atoms. The second-order valence-electron chi connectivity index (χ2n) is 6.83. The number of benzene rings is 2. The maximum absolute atomic E-state index is 12.8. The van der Waals surface area contributed by atoms with Crippen molar-refractivity contribution in [2.24, 2.45) is 0 Å². The number of aromatic hydroxyl groups is 4. The largest absolute Gasteiger partial charge is 1.00 e. The van der Waals surface area contributed by atoms with E-state index in [1.807, 2.05) is 13.8 Å². The summed E-state index contributed by atoms with van der Waals surface area (Å²) in [6.45, 7) is 5.88. The summed E-state index contributed by atoms with van der Waals surface area (Å²) in [6, 6.07) is 4.91. The van der Waals surface area contributed by atoms with E-state index in [-0.39, 0.29) is 40.8 Å². The number of phenolic OH excluding ortho intramolecular Hbond substituents is 4. The van der Waals surface area contributed by atoms with Gasteiger partial charge in [0.1, 0.15) is 29.4 Å². The van der Waals surface area contributed by atoms with Gasteiger partial charge in [0, 0.05) is 6.07 Å². The Morgan fingerprint density at radius 1 is 0.966 bits per heavy atom. The van der Waals surface area contributed by atoms with Crippen LogP contribution in [0.4, 0.5) is 0 Å². The highest BCUT2D eigenvalue weighted by molar-refractivity contribution is 6.06. The van der Waals surface area contributed by atoms with E-state index in [0.29, 0.717) is 12.1 Å². The van der Waals surface area contributed by atoms with Gasteiger partial charge in [0.05, 0.1) is 18.7 Å². The number of rotatable bonds is 5. The normalized spacial score (nSPS) is 18.1. The van der Waals surface area contributed by atoms with E-state index in [1.54, 1.807) is 0 Å². The zero-order valence-corrected chi connectivity index (χ0v) is 16.8. The molecule has 1 aliphatic rings. The molecule has 2 aromatic rings. The number of carbonyl (C=O) groups excluding carboxylic acids is 1. The minimum absolute atomic E-state index is 0. The summed E-state index contributed by atoms with van der Waals surface area (Å²) >= 11 is 0. The number of Topliss-reactive ketones (excluding diaryl/α,β-unsaturated/α-hetero) is 1. The van der Waals surface area contributed by atoms with Crippen LogP contribution in [0, 0.1) is 0 Å². The minimum atomic E-state index is -1.62. The van der Waals surface area contributed by atoms with Crippen molar-refractivity contribution in [3.8, 4) is 28.7 Å². The van der Waals surface area contributed by atoms with E-state index in [9.17, 15) is 30.3 Å². The lowest BCUT2D eigenvalue weighted by Crippen LogP contribution is -3.10. The molecule has 6 N–H and O–H groups in total. The van der Waals surface area contributed by atoms with Crippen molar-refractivity contribution < 1.29 is 52.4 Å². The van der Waals surface area contributed by atoms with Gasteiger partial charge in [-0.05, 0) is 31.5 Å². The van der Waals surface area contributed by atoms with Crippen LogP contribution in [0.2, 0.25) is 0 Å². The van der Waals surface area contributed by atoms with Crippen LogP contribution in [0.3, 0.4) is 0 Å². The van der Waals surface area contributed by atoms with E-state index in [2.05, 4.69) is 0 Å². The number of fused-ring (bicyclic) bond motifs is 1. The number of halogens is 1. The number of ether oxygens (including phenoxy) is 1. The summed E-state index contributed by atoms with van der Waals surface area (Å²) < 4.78 is 5.88. The molecule has 0 saturated carbocycles. The lowest BCUT2D eigenvalue weighted by Gasteiger charge is -2.32. The zero-order valence-electron chi connectivity index (χ0n) is 16.0. The number of aliphatic hydroxyl groups excluding tert-OH is 1. The van der Waals surface area contributed by atoms with E-state index in [1.165, 1.54) is 18.2 Å². The summed E-state index contributed by atoms with van der Waals surface area (Å²) in [7, 11) is 0. The Morgan fingerprint density at radius 2 is 1.62 bits per heavy atom. The summed E-state index contributed by atoms with van der Waals surface area (Å²) in [5.74, 6) is -2.16. The third kappa shape index (κ3) is 4.05. The van der Waals surface area contributed by atoms with Crippen LogP contribution in [0.25, 0.3) is 0 Å². The average Bonchev–Trinajstić information content (AvgIpc) is 2.66. The molecule has 9 heteroatoms. The van der Waals surface area contributed by atoms with Crippen LogP contribution < -0.4 is 22.0 Å². The first-order chi connectivity index (χ1) is 13.3. The predicted molar refractivity (Wildman–Crippen MR) is 99.0 cm³/mol. The molecule has 158 valence electrons. The van der Waals surface area contributed by atoms with Gasteiger partial charge >= 0.3 is 0 Å². The molecule has 0 fully saturated rings. The van der Waals surface area contributed by atoms with E-state index in [0.717, 1.165) is 24.1 Å². The molecule has 0 radical (unpaired) electrons. The van der Waals surface area contributed by atoms with Gasteiger partial charge in [-0.25, -0.2) is 0 Å². The predicted octanol–water partition coefficient (Wildman–Crippen LogP) is -2.38. The highest BCUT2D eigenvalue weighted by Gasteiger charge is 2.41. The molecule has 0 aliphatic carbocycles. The van der Waals surface area contributed by atoms with Crippen LogP contribution in [0.15, 0.2) is 24.3 Å². The second kappa shape index (κ2) is 8.77. The van der Waals surface area contributed by atoms with Crippen LogP contribution in [-0.4, -0.2) is 50.5 Å². The number of phenols is 4. The van der Waals surface area contributed by atoms with Crippen LogP contribution >= 0.6 is 0 Å². The minimum Gasteiger partial charge on any atom is -1.00 e. The van der Waals surface area contributed by atoms with Crippen LogP contribution in [-0.2, 0) is 6.54 Å². The van der Waals surface area contributed by atoms with Gasteiger partial charge in [-0.1, -0.05) is 6.07 Å². The number of ketones is 1. The Kier molecular flexibility index (Phi) is 6.84. The Morgan fingerprint density at radius 3 is 2.21 bits per heavy atom. The molecule has 2 unspecified atom stereocenters. The monoisotopic (exact) mass is 425 g/mol. The lowest BCUT2D eigenvalue weighted by molar-refractivity contribution is -0.910. The standard InChI is InChI=1S/C20H23NO7.ClH/c1-3-21(4-2)9-11-13(23)8-15(25)16-17(26)18(27)19(28-20(11)16)10-5-6-12(22)14(24)7-10;/h5-8,18-19,22-25,27H,3-4,9H2,1-2H3;1H. The number of hydrogen-bond acceptors (Lipinski definition) is 7. The zero-order chi connectivity index (χ0) is 20.6. The molecule has 2 aromatic carbocycles. The maximum Gasteiger partial charge on any atom is 0.202 e. The van der Waals surface area contributed by atoms with Crippen molar-refractivity contribution in [3.05, 3.63) is 41.0 Å². The summed E-state index contributed by atoms with van der Waals surface area (Å²) in [5.41, 5.74) is 0.455. The topological polar surface area (TPSA) is 132 Å². The molecule has 0 aromatic heterocycles. The fraction of sp³-hybridized carbons (Fsp3) is 0.350. The van der Waals surface area contributed by atoms with Crippen molar-refractivity contribution in [3.63, 3.8) is 0 Å². The Hall–Kier alpha value is -2.68. The number of aliphatic hydroxyl groups is 1. The van der Waals surface area contributed by atoms with Crippen molar-refractivity contribution in [1.82, 2.24) is 0 Å². The van der Waals surface area contributed by atoms with Crippen molar-refractivity contribution >= 4 is 5.78 Å². The molecule has 0 amide bonds. The van der Waals surface area contributed by atoms with E-state index < -0.39 is 29.5 Å². The van der Waals surface area contributed by atoms with Gasteiger partial charge in [-0.2, -0.15) is 0 Å². The molecular weight excluding hydrogens is 402 g/mol. The molecule has 1 aliphatic heterocycles. The third-order valence-electron chi connectivity index (χ3n) is 5.14. The highest BCUT2D eigenvalue weighted by atomic mass is 35.5. The third-order valence-corrected chi connectivity index (χ3v) is 5.14. The second-order valence-corrected chi connectivity index (χ2v) is 6.83. The number of hydrogen-bond donors (Lipinski definition) is 6. The van der Waals surface area contributed by atoms with Gasteiger partial charge < -0.3 is 47.6 Å². The van der Waals surface area contributed by atoms with Gasteiger partial charge in [0.25, 0.3) is 0 Å². The Balaban J connectivity index is 0.00000300. The average molecular weight is 426 g/mol. The SMILES string of the molecule is CC[NH+](CC)Cc1c(O)cc(O)c2c1OC(c1ccc(O)c(O)c1)C(O)C2=O.[Cl-]. The van der Waals surface area contributed by atoms with Crippen molar-refractivity contribution in [1.29, 1.82) is 0 Å². The summed E-state index contributed by atoms with van der Waals surface area (Å²) in [6.07, 6.45) is -2.79. The molecule has 8 nitrogen and oxygen atoms in total. The van der Waals surface area contributed by atoms with Gasteiger partial charge in [-0.15, -0.1) is 0 Å². The van der Waals surface area contributed by atoms with Gasteiger partial charge in [0.2, 0.25) is 5.78 Å². The fourth-order valence-electron chi connectivity index (χ4n) is 3.41. The highest BCUT2D eigenvalue weighted by Crippen LogP contribution is 2.45. The summed E-state index contributed by atoms with van der Waals surface area (Å²) in [4.78, 5) is 13.9. The molecule has 0 spiro atoms. The molecule has 1 heterocycles. The first-order valence-corrected chi connectivity index (χ1v) is 9.10. The maximum atomic E-state index is 12.8. The fourth-order valence-corrected chi connectivity index (χ4v) is 3.41. The molecule has 3 rings (SSSR count). The smallest absolute Gasteiger partial charge is 0.202 e. The molecular formula is C20H24ClNO7.